The van der Waals surface area contributed by atoms with Crippen molar-refractivity contribution in [2.24, 2.45) is 0 Å². The number of pyridine rings is 1. The first-order valence-corrected chi connectivity index (χ1v) is 6.83. The van der Waals surface area contributed by atoms with E-state index in [1.807, 2.05) is 0 Å². The van der Waals surface area contributed by atoms with Crippen molar-refractivity contribution in [1.82, 2.24) is 9.88 Å². The van der Waals surface area contributed by atoms with Crippen molar-refractivity contribution in [3.63, 3.8) is 0 Å². The smallest absolute Gasteiger partial charge is 0.342 e. The van der Waals surface area contributed by atoms with Crippen molar-refractivity contribution >= 4 is 17.5 Å². The summed E-state index contributed by atoms with van der Waals surface area (Å²) in [7, 11) is 0. The second-order valence-electron chi connectivity index (χ2n) is 4.46. The van der Waals surface area contributed by atoms with Crippen LogP contribution in [0.3, 0.4) is 0 Å². The normalized spacial score (nSPS) is 10.6. The largest absolute Gasteiger partial charge is 0.477 e. The molecule has 0 bridgehead atoms. The van der Waals surface area contributed by atoms with Gasteiger partial charge in [0.05, 0.1) is 4.92 Å². The third kappa shape index (κ3) is 4.99. The highest BCUT2D eigenvalue weighted by molar-refractivity contribution is 5.93. The first-order valence-electron chi connectivity index (χ1n) is 6.83. The first kappa shape index (κ1) is 16.8. The molecule has 21 heavy (non-hydrogen) atoms. The molecule has 0 saturated carbocycles. The molecule has 0 spiro atoms. The van der Waals surface area contributed by atoms with Crippen LogP contribution in [0.5, 0.6) is 0 Å². The molecule has 0 aliphatic carbocycles. The number of nitrogens with zero attached hydrogens (tertiary/aromatic N) is 3. The Morgan fingerprint density at radius 3 is 2.67 bits per heavy atom. The highest BCUT2D eigenvalue weighted by atomic mass is 16.6. The molecule has 0 fully saturated rings. The Hall–Kier alpha value is -2.22. The van der Waals surface area contributed by atoms with E-state index < -0.39 is 16.6 Å². The fourth-order valence-corrected chi connectivity index (χ4v) is 1.92. The number of aromatic carboxylic acids is 1. The third-order valence-corrected chi connectivity index (χ3v) is 3.16. The van der Waals surface area contributed by atoms with Gasteiger partial charge in [-0.1, -0.05) is 13.8 Å². The molecule has 8 nitrogen and oxygen atoms in total. The molecule has 0 aliphatic rings. The lowest BCUT2D eigenvalue weighted by Crippen LogP contribution is -2.25. The number of aromatic nitrogens is 1. The van der Waals surface area contributed by atoms with Gasteiger partial charge in [0.2, 0.25) is 0 Å². The minimum absolute atomic E-state index is 0.331. The summed E-state index contributed by atoms with van der Waals surface area (Å²) in [6.07, 6.45) is 1.85. The molecule has 1 aromatic heterocycles. The number of anilines is 1. The number of rotatable bonds is 9. The van der Waals surface area contributed by atoms with Crippen LogP contribution in [0.1, 0.15) is 30.6 Å². The van der Waals surface area contributed by atoms with Crippen molar-refractivity contribution in [2.45, 2.75) is 20.3 Å². The third-order valence-electron chi connectivity index (χ3n) is 3.16. The molecule has 1 aromatic rings. The summed E-state index contributed by atoms with van der Waals surface area (Å²) < 4.78 is 0. The van der Waals surface area contributed by atoms with Crippen LogP contribution >= 0.6 is 0 Å². The Morgan fingerprint density at radius 1 is 1.48 bits per heavy atom. The SMILES string of the molecule is CCN(CC)CCCNc1cc(C(=O)O)c([N+](=O)[O-])cn1. The Balaban J connectivity index is 2.62. The molecule has 0 aromatic carbocycles. The summed E-state index contributed by atoms with van der Waals surface area (Å²) in [4.78, 5) is 27.1. The van der Waals surface area contributed by atoms with Crippen LogP contribution in [0.4, 0.5) is 11.5 Å². The van der Waals surface area contributed by atoms with Gasteiger partial charge in [0.25, 0.3) is 0 Å². The molecule has 0 radical (unpaired) electrons. The zero-order valence-corrected chi connectivity index (χ0v) is 12.2. The van der Waals surface area contributed by atoms with E-state index in [4.69, 9.17) is 5.11 Å². The van der Waals surface area contributed by atoms with Gasteiger partial charge in [0.1, 0.15) is 17.6 Å². The van der Waals surface area contributed by atoms with E-state index in [-0.39, 0.29) is 5.56 Å². The van der Waals surface area contributed by atoms with E-state index in [9.17, 15) is 14.9 Å². The number of nitrogens with one attached hydrogen (secondary N) is 1. The van der Waals surface area contributed by atoms with E-state index >= 15 is 0 Å². The average molecular weight is 296 g/mol. The van der Waals surface area contributed by atoms with Crippen molar-refractivity contribution in [1.29, 1.82) is 0 Å². The summed E-state index contributed by atoms with van der Waals surface area (Å²) >= 11 is 0. The van der Waals surface area contributed by atoms with E-state index in [2.05, 4.69) is 29.0 Å². The molecule has 0 unspecified atom stereocenters. The van der Waals surface area contributed by atoms with E-state index in [0.717, 1.165) is 32.3 Å². The van der Waals surface area contributed by atoms with Gasteiger partial charge in [0.15, 0.2) is 0 Å². The van der Waals surface area contributed by atoms with Gasteiger partial charge in [-0.25, -0.2) is 9.78 Å². The fourth-order valence-electron chi connectivity index (χ4n) is 1.92. The molecule has 116 valence electrons. The van der Waals surface area contributed by atoms with E-state index in [1.165, 1.54) is 6.07 Å². The van der Waals surface area contributed by atoms with Crippen LogP contribution in [-0.4, -0.2) is 52.1 Å². The molecule has 8 heteroatoms. The number of carboxylic acids is 1. The number of carboxylic acid groups (broad SMARTS) is 1. The zero-order chi connectivity index (χ0) is 15.8. The molecule has 0 saturated heterocycles. The second kappa shape index (κ2) is 8.15. The number of hydrogen-bond acceptors (Lipinski definition) is 6. The van der Waals surface area contributed by atoms with Gasteiger partial charge < -0.3 is 15.3 Å². The van der Waals surface area contributed by atoms with Gasteiger partial charge >= 0.3 is 11.7 Å². The maximum absolute atomic E-state index is 11.0. The standard InChI is InChI=1S/C13H20N4O4/c1-3-16(4-2)7-5-6-14-12-8-10(13(18)19)11(9-15-12)17(20)21/h8-9H,3-7H2,1-2H3,(H,14,15)(H,18,19). The maximum atomic E-state index is 11.0. The average Bonchev–Trinajstić information content (AvgIpc) is 2.47. The summed E-state index contributed by atoms with van der Waals surface area (Å²) in [5.74, 6) is -1.01. The van der Waals surface area contributed by atoms with Crippen LogP contribution in [0.2, 0.25) is 0 Å². The van der Waals surface area contributed by atoms with Crippen LogP contribution in [0, 0.1) is 10.1 Å². The molecule has 0 atom stereocenters. The van der Waals surface area contributed by atoms with Crippen molar-refractivity contribution < 1.29 is 14.8 Å². The highest BCUT2D eigenvalue weighted by Crippen LogP contribution is 2.20. The summed E-state index contributed by atoms with van der Waals surface area (Å²) in [5.41, 5.74) is -0.863. The van der Waals surface area contributed by atoms with E-state index in [0.29, 0.717) is 12.4 Å². The minimum atomic E-state index is -1.34. The Bertz CT molecular complexity index is 503. The summed E-state index contributed by atoms with van der Waals surface area (Å²) in [5, 5.41) is 22.7. The molecule has 0 amide bonds. The van der Waals surface area contributed by atoms with Crippen molar-refractivity contribution in [2.75, 3.05) is 31.5 Å². The summed E-state index contributed by atoms with van der Waals surface area (Å²) in [6, 6.07) is 1.19. The van der Waals surface area contributed by atoms with Gasteiger partial charge in [0, 0.05) is 12.6 Å². The van der Waals surface area contributed by atoms with E-state index in [1.54, 1.807) is 0 Å². The number of carbonyl (C=O) groups is 1. The van der Waals surface area contributed by atoms with Crippen LogP contribution in [-0.2, 0) is 0 Å². The lowest BCUT2D eigenvalue weighted by atomic mass is 10.2. The van der Waals surface area contributed by atoms with Crippen molar-refractivity contribution in [3.8, 4) is 0 Å². The van der Waals surface area contributed by atoms with Gasteiger partial charge in [-0.2, -0.15) is 0 Å². The monoisotopic (exact) mass is 296 g/mol. The van der Waals surface area contributed by atoms with Crippen LogP contribution in [0.15, 0.2) is 12.3 Å². The predicted octanol–water partition coefficient (Wildman–Crippen LogP) is 1.83. The maximum Gasteiger partial charge on any atom is 0.342 e. The first-order chi connectivity index (χ1) is 9.99. The molecular formula is C13H20N4O4. The van der Waals surface area contributed by atoms with Gasteiger partial charge in [-0.3, -0.25) is 10.1 Å². The highest BCUT2D eigenvalue weighted by Gasteiger charge is 2.20. The number of nitro groups is 1. The molecule has 1 rings (SSSR count). The second-order valence-corrected chi connectivity index (χ2v) is 4.46. The Morgan fingerprint density at radius 2 is 2.14 bits per heavy atom. The number of hydrogen-bond donors (Lipinski definition) is 2. The molecule has 0 aliphatic heterocycles. The van der Waals surface area contributed by atoms with Crippen LogP contribution in [0.25, 0.3) is 0 Å². The Labute approximate surface area is 122 Å². The lowest BCUT2D eigenvalue weighted by Gasteiger charge is -2.17. The van der Waals surface area contributed by atoms with Gasteiger partial charge in [-0.15, -0.1) is 0 Å². The lowest BCUT2D eigenvalue weighted by molar-refractivity contribution is -0.385. The topological polar surface area (TPSA) is 109 Å². The molecular weight excluding hydrogens is 276 g/mol. The van der Waals surface area contributed by atoms with Gasteiger partial charge in [-0.05, 0) is 26.1 Å². The quantitative estimate of drug-likeness (QED) is 0.406. The minimum Gasteiger partial charge on any atom is -0.477 e. The predicted molar refractivity (Wildman–Crippen MR) is 78.7 cm³/mol. The molecule has 1 heterocycles. The molecule has 2 N–H and O–H groups in total. The fraction of sp³-hybridized carbons (Fsp3) is 0.538. The van der Waals surface area contributed by atoms with Crippen molar-refractivity contribution in [3.05, 3.63) is 27.9 Å². The zero-order valence-electron chi connectivity index (χ0n) is 12.2. The van der Waals surface area contributed by atoms with Crippen LogP contribution < -0.4 is 5.32 Å². The summed E-state index contributed by atoms with van der Waals surface area (Å²) in [6.45, 7) is 7.70. The Kier molecular flexibility index (Phi) is 6.54.